The molecule has 0 radical (unpaired) electrons. The smallest absolute Gasteiger partial charge is 0.333 e. The van der Waals surface area contributed by atoms with Crippen LogP contribution in [0.4, 0.5) is 0 Å². The van der Waals surface area contributed by atoms with Crippen molar-refractivity contribution >= 4 is 11.8 Å². The van der Waals surface area contributed by atoms with E-state index >= 15 is 0 Å². The summed E-state index contributed by atoms with van der Waals surface area (Å²) in [4.78, 5) is 21.8. The third-order valence-electron chi connectivity index (χ3n) is 1.64. The van der Waals surface area contributed by atoms with E-state index in [0.717, 1.165) is 6.42 Å². The van der Waals surface area contributed by atoms with Gasteiger partial charge < -0.3 is 9.53 Å². The highest BCUT2D eigenvalue weighted by Gasteiger charge is 2.09. The lowest BCUT2D eigenvalue weighted by atomic mass is 10.1. The second-order valence-electron chi connectivity index (χ2n) is 2.83. The Morgan fingerprint density at radius 2 is 1.92 bits per heavy atom. The predicted octanol–water partition coefficient (Wildman–Crippen LogP) is 1.86. The summed E-state index contributed by atoms with van der Waals surface area (Å²) in [6.45, 7) is 3.46. The predicted molar refractivity (Wildman–Crippen MR) is 50.3 cm³/mol. The molecule has 74 valence electrons. The van der Waals surface area contributed by atoms with Gasteiger partial charge in [-0.05, 0) is 19.8 Å². The van der Waals surface area contributed by atoms with E-state index in [4.69, 9.17) is 0 Å². The molecule has 0 saturated carbocycles. The van der Waals surface area contributed by atoms with Crippen LogP contribution in [0.2, 0.25) is 0 Å². The van der Waals surface area contributed by atoms with Crippen molar-refractivity contribution in [3.63, 3.8) is 0 Å². The Bertz CT molecular complexity index is 216. The van der Waals surface area contributed by atoms with Gasteiger partial charge in [0.2, 0.25) is 0 Å². The zero-order valence-electron chi connectivity index (χ0n) is 8.42. The molecule has 0 aliphatic rings. The first-order chi connectivity index (χ1) is 6.11. The van der Waals surface area contributed by atoms with Gasteiger partial charge in [0.15, 0.2) is 0 Å². The normalized spacial score (nSPS) is 11.2. The molecule has 3 heteroatoms. The zero-order valence-corrected chi connectivity index (χ0v) is 8.42. The van der Waals surface area contributed by atoms with Crippen molar-refractivity contribution in [1.82, 2.24) is 0 Å². The Balaban J connectivity index is 4.19. The number of allylic oxidation sites excluding steroid dienone is 1. The van der Waals surface area contributed by atoms with Crippen LogP contribution in [0.3, 0.4) is 0 Å². The van der Waals surface area contributed by atoms with E-state index in [0.29, 0.717) is 18.4 Å². The highest BCUT2D eigenvalue weighted by molar-refractivity contribution is 5.89. The second-order valence-corrected chi connectivity index (χ2v) is 2.83. The van der Waals surface area contributed by atoms with Gasteiger partial charge in [-0.15, -0.1) is 0 Å². The quantitative estimate of drug-likeness (QED) is 0.484. The van der Waals surface area contributed by atoms with E-state index in [9.17, 15) is 9.59 Å². The molecule has 0 spiro atoms. The first-order valence-electron chi connectivity index (χ1n) is 4.38. The molecule has 3 nitrogen and oxygen atoms in total. The Morgan fingerprint density at radius 3 is 2.31 bits per heavy atom. The van der Waals surface area contributed by atoms with Crippen LogP contribution >= 0.6 is 0 Å². The third-order valence-corrected chi connectivity index (χ3v) is 1.64. The van der Waals surface area contributed by atoms with Gasteiger partial charge in [0.05, 0.1) is 7.11 Å². The average Bonchev–Trinajstić information content (AvgIpc) is 2.10. The lowest BCUT2D eigenvalue weighted by Crippen LogP contribution is -2.06. The van der Waals surface area contributed by atoms with Crippen LogP contribution in [0.5, 0.6) is 0 Å². The highest BCUT2D eigenvalue weighted by atomic mass is 16.5. The summed E-state index contributed by atoms with van der Waals surface area (Å²) < 4.78 is 4.58. The van der Waals surface area contributed by atoms with Gasteiger partial charge in [0.1, 0.15) is 5.78 Å². The summed E-state index contributed by atoms with van der Waals surface area (Å²) >= 11 is 0. The molecule has 0 aliphatic heterocycles. The maximum atomic E-state index is 11.1. The molecule has 0 N–H and O–H groups in total. The van der Waals surface area contributed by atoms with Crippen LogP contribution in [0.25, 0.3) is 0 Å². The molecule has 0 atom stereocenters. The Kier molecular flexibility index (Phi) is 5.85. The molecule has 0 aromatic carbocycles. The Hall–Kier alpha value is -1.12. The molecule has 0 saturated heterocycles. The van der Waals surface area contributed by atoms with Crippen molar-refractivity contribution in [3.05, 3.63) is 11.6 Å². The first-order valence-corrected chi connectivity index (χ1v) is 4.38. The molecular weight excluding hydrogens is 168 g/mol. The van der Waals surface area contributed by atoms with Crippen molar-refractivity contribution in [3.8, 4) is 0 Å². The van der Waals surface area contributed by atoms with Crippen LogP contribution in [0.1, 0.15) is 33.1 Å². The summed E-state index contributed by atoms with van der Waals surface area (Å²) in [5.41, 5.74) is 0.597. The number of esters is 1. The van der Waals surface area contributed by atoms with Crippen molar-refractivity contribution in [2.24, 2.45) is 0 Å². The number of Topliss-reactive ketones (excluding diaryl/α,β-unsaturated/α-hetero) is 1. The van der Waals surface area contributed by atoms with Crippen LogP contribution < -0.4 is 0 Å². The summed E-state index contributed by atoms with van der Waals surface area (Å²) in [5.74, 6) is -0.242. The summed E-state index contributed by atoms with van der Waals surface area (Å²) in [7, 11) is 1.35. The van der Waals surface area contributed by atoms with Gasteiger partial charge in [0.25, 0.3) is 0 Å². The number of methoxy groups -OCH3 is 1. The van der Waals surface area contributed by atoms with Crippen molar-refractivity contribution in [2.45, 2.75) is 33.1 Å². The molecule has 0 aromatic rings. The highest BCUT2D eigenvalue weighted by Crippen LogP contribution is 2.08. The summed E-state index contributed by atoms with van der Waals surface area (Å²) in [6.07, 6.45) is 3.47. The van der Waals surface area contributed by atoms with Gasteiger partial charge in [-0.3, -0.25) is 0 Å². The molecule has 0 aromatic heterocycles. The maximum absolute atomic E-state index is 11.1. The van der Waals surface area contributed by atoms with Gasteiger partial charge >= 0.3 is 5.97 Å². The largest absolute Gasteiger partial charge is 0.466 e. The fraction of sp³-hybridized carbons (Fsp3) is 0.600. The number of rotatable bonds is 5. The summed E-state index contributed by atoms with van der Waals surface area (Å²) in [6, 6.07) is 0. The minimum Gasteiger partial charge on any atom is -0.466 e. The minimum atomic E-state index is -0.330. The Morgan fingerprint density at radius 1 is 1.31 bits per heavy atom. The van der Waals surface area contributed by atoms with E-state index in [1.807, 2.05) is 6.92 Å². The van der Waals surface area contributed by atoms with Crippen LogP contribution in [0.15, 0.2) is 11.6 Å². The third kappa shape index (κ3) is 5.17. The first kappa shape index (κ1) is 11.9. The molecular formula is C10H16O3. The van der Waals surface area contributed by atoms with Crippen LogP contribution in [0, 0.1) is 0 Å². The molecule has 0 aliphatic carbocycles. The number of ether oxygens (including phenoxy) is 1. The lowest BCUT2D eigenvalue weighted by Gasteiger charge is -2.02. The molecule has 0 rings (SSSR count). The number of carbonyl (C=O) groups excluding carboxylic acids is 2. The van der Waals surface area contributed by atoms with Gasteiger partial charge in [-0.1, -0.05) is 13.0 Å². The molecule has 0 unspecified atom stereocenters. The van der Waals surface area contributed by atoms with Gasteiger partial charge in [0, 0.05) is 12.0 Å². The maximum Gasteiger partial charge on any atom is 0.333 e. The molecule has 0 heterocycles. The van der Waals surface area contributed by atoms with Gasteiger partial charge in [-0.25, -0.2) is 4.79 Å². The van der Waals surface area contributed by atoms with Gasteiger partial charge in [-0.2, -0.15) is 0 Å². The molecule has 0 amide bonds. The Labute approximate surface area is 78.8 Å². The lowest BCUT2D eigenvalue weighted by molar-refractivity contribution is -0.136. The van der Waals surface area contributed by atoms with E-state index in [1.54, 1.807) is 6.08 Å². The SMILES string of the molecule is CC/C=C(\CCC(C)=O)C(=O)OC. The van der Waals surface area contributed by atoms with E-state index in [-0.39, 0.29) is 11.8 Å². The molecule has 0 fully saturated rings. The second kappa shape index (κ2) is 6.40. The van der Waals surface area contributed by atoms with E-state index in [1.165, 1.54) is 14.0 Å². The molecule has 0 bridgehead atoms. The average molecular weight is 184 g/mol. The van der Waals surface area contributed by atoms with Crippen LogP contribution in [-0.4, -0.2) is 18.9 Å². The topological polar surface area (TPSA) is 43.4 Å². The van der Waals surface area contributed by atoms with Crippen LogP contribution in [-0.2, 0) is 14.3 Å². The van der Waals surface area contributed by atoms with E-state index < -0.39 is 0 Å². The standard InChI is InChI=1S/C10H16O3/c1-4-5-9(10(12)13-3)7-6-8(2)11/h5H,4,6-7H2,1-3H3/b9-5+. The van der Waals surface area contributed by atoms with Crippen molar-refractivity contribution < 1.29 is 14.3 Å². The number of ketones is 1. The summed E-state index contributed by atoms with van der Waals surface area (Å²) in [5, 5.41) is 0. The van der Waals surface area contributed by atoms with Crippen molar-refractivity contribution in [1.29, 1.82) is 0 Å². The van der Waals surface area contributed by atoms with Crippen molar-refractivity contribution in [2.75, 3.05) is 7.11 Å². The zero-order chi connectivity index (χ0) is 10.3. The minimum absolute atomic E-state index is 0.0888. The fourth-order valence-corrected chi connectivity index (χ4v) is 0.976. The molecule has 13 heavy (non-hydrogen) atoms. The number of hydrogen-bond acceptors (Lipinski definition) is 3. The number of hydrogen-bond donors (Lipinski definition) is 0. The fourth-order valence-electron chi connectivity index (χ4n) is 0.976. The van der Waals surface area contributed by atoms with E-state index in [2.05, 4.69) is 4.74 Å². The monoisotopic (exact) mass is 184 g/mol. The number of carbonyl (C=O) groups is 2.